The van der Waals surface area contributed by atoms with Gasteiger partial charge in [-0.25, -0.2) is 4.98 Å². The Morgan fingerprint density at radius 3 is 2.88 bits per heavy atom. The average Bonchev–Trinajstić information content (AvgIpc) is 3.10. The number of hydrogen-bond donors (Lipinski definition) is 2. The summed E-state index contributed by atoms with van der Waals surface area (Å²) in [6.45, 7) is 1.96. The standard InChI is InChI=1S/C19H20N4O2/c24-16-12-22(18-17-4-2-1-3-14(17)6-8-21-18)9-10-23(13-16)19(25)15-5-7-20-11-15/h1-8,11,16,20,24H,9-10,12-13H2/t16-/m1/s1. The largest absolute Gasteiger partial charge is 0.389 e. The first-order valence-corrected chi connectivity index (χ1v) is 8.41. The highest BCUT2D eigenvalue weighted by Gasteiger charge is 2.26. The zero-order valence-electron chi connectivity index (χ0n) is 13.8. The van der Waals surface area contributed by atoms with Gasteiger partial charge in [-0.05, 0) is 17.5 Å². The molecule has 3 heterocycles. The number of aliphatic hydroxyl groups excluding tert-OH is 1. The summed E-state index contributed by atoms with van der Waals surface area (Å²) in [6.07, 6.45) is 4.58. The highest BCUT2D eigenvalue weighted by atomic mass is 16.3. The lowest BCUT2D eigenvalue weighted by atomic mass is 10.1. The Labute approximate surface area is 145 Å². The van der Waals surface area contributed by atoms with Crippen LogP contribution in [0.4, 0.5) is 5.82 Å². The normalized spacial score (nSPS) is 18.4. The summed E-state index contributed by atoms with van der Waals surface area (Å²) in [6, 6.07) is 11.8. The molecule has 0 radical (unpaired) electrons. The molecule has 2 N–H and O–H groups in total. The van der Waals surface area contributed by atoms with E-state index in [-0.39, 0.29) is 5.91 Å². The number of fused-ring (bicyclic) bond motifs is 1. The number of benzene rings is 1. The zero-order chi connectivity index (χ0) is 17.2. The molecule has 0 aliphatic carbocycles. The number of β-amino-alcohol motifs (C(OH)–C–C–N with tert-alkyl or cyclic N) is 1. The van der Waals surface area contributed by atoms with Crippen molar-refractivity contribution in [3.8, 4) is 0 Å². The van der Waals surface area contributed by atoms with Gasteiger partial charge in [-0.1, -0.05) is 24.3 Å². The molecule has 1 aliphatic heterocycles. The monoisotopic (exact) mass is 336 g/mol. The topological polar surface area (TPSA) is 72.5 Å². The van der Waals surface area contributed by atoms with Gasteiger partial charge in [0.15, 0.2) is 0 Å². The molecule has 0 spiro atoms. The van der Waals surface area contributed by atoms with Crippen LogP contribution in [0.1, 0.15) is 10.4 Å². The molecular formula is C19H20N4O2. The molecule has 1 saturated heterocycles. The van der Waals surface area contributed by atoms with E-state index in [1.807, 2.05) is 24.3 Å². The van der Waals surface area contributed by atoms with Crippen LogP contribution >= 0.6 is 0 Å². The lowest BCUT2D eigenvalue weighted by Gasteiger charge is -2.24. The van der Waals surface area contributed by atoms with E-state index in [1.54, 1.807) is 29.6 Å². The van der Waals surface area contributed by atoms with Crippen molar-refractivity contribution in [2.75, 3.05) is 31.1 Å². The predicted octanol–water partition coefficient (Wildman–Crippen LogP) is 1.89. The summed E-state index contributed by atoms with van der Waals surface area (Å²) >= 11 is 0. The second-order valence-electron chi connectivity index (χ2n) is 6.31. The van der Waals surface area contributed by atoms with Gasteiger partial charge in [0.1, 0.15) is 5.82 Å². The number of H-pyrrole nitrogens is 1. The van der Waals surface area contributed by atoms with Gasteiger partial charge in [-0.3, -0.25) is 4.79 Å². The summed E-state index contributed by atoms with van der Waals surface area (Å²) < 4.78 is 0. The summed E-state index contributed by atoms with van der Waals surface area (Å²) in [5, 5.41) is 12.6. The lowest BCUT2D eigenvalue weighted by Crippen LogP contribution is -2.37. The smallest absolute Gasteiger partial charge is 0.255 e. The number of nitrogens with zero attached hydrogens (tertiary/aromatic N) is 3. The van der Waals surface area contributed by atoms with E-state index >= 15 is 0 Å². The van der Waals surface area contributed by atoms with Crippen LogP contribution in [-0.2, 0) is 0 Å². The van der Waals surface area contributed by atoms with E-state index in [4.69, 9.17) is 0 Å². The molecule has 1 aromatic carbocycles. The first-order chi connectivity index (χ1) is 12.2. The van der Waals surface area contributed by atoms with Gasteiger partial charge in [0.05, 0.1) is 11.7 Å². The fourth-order valence-corrected chi connectivity index (χ4v) is 3.36. The summed E-state index contributed by atoms with van der Waals surface area (Å²) in [7, 11) is 0. The van der Waals surface area contributed by atoms with Crippen LogP contribution in [0.25, 0.3) is 10.8 Å². The minimum absolute atomic E-state index is 0.0620. The average molecular weight is 336 g/mol. The van der Waals surface area contributed by atoms with Crippen LogP contribution in [0.2, 0.25) is 0 Å². The van der Waals surface area contributed by atoms with E-state index in [2.05, 4.69) is 20.9 Å². The van der Waals surface area contributed by atoms with E-state index in [1.165, 1.54) is 0 Å². The van der Waals surface area contributed by atoms with Crippen molar-refractivity contribution in [3.05, 3.63) is 60.6 Å². The number of amides is 1. The lowest BCUT2D eigenvalue weighted by molar-refractivity contribution is 0.0674. The zero-order valence-corrected chi connectivity index (χ0v) is 13.8. The SMILES string of the molecule is O=C(c1cc[nH]c1)N1CCN(c2nccc3ccccc23)C[C@@H](O)C1. The minimum atomic E-state index is -0.619. The van der Waals surface area contributed by atoms with Gasteiger partial charge in [-0.15, -0.1) is 0 Å². The number of carbonyl (C=O) groups excluding carboxylic acids is 1. The van der Waals surface area contributed by atoms with Gasteiger partial charge in [0, 0.05) is 50.2 Å². The third-order valence-corrected chi connectivity index (χ3v) is 4.59. The molecule has 0 unspecified atom stereocenters. The minimum Gasteiger partial charge on any atom is -0.389 e. The van der Waals surface area contributed by atoms with Gasteiger partial charge >= 0.3 is 0 Å². The van der Waals surface area contributed by atoms with Crippen molar-refractivity contribution >= 4 is 22.5 Å². The fourth-order valence-electron chi connectivity index (χ4n) is 3.36. The van der Waals surface area contributed by atoms with Gasteiger partial charge in [0.25, 0.3) is 5.91 Å². The number of nitrogens with one attached hydrogen (secondary N) is 1. The predicted molar refractivity (Wildman–Crippen MR) is 96.7 cm³/mol. The third-order valence-electron chi connectivity index (χ3n) is 4.59. The Hall–Kier alpha value is -2.86. The molecule has 25 heavy (non-hydrogen) atoms. The van der Waals surface area contributed by atoms with Crippen LogP contribution < -0.4 is 4.90 Å². The van der Waals surface area contributed by atoms with E-state index < -0.39 is 6.10 Å². The van der Waals surface area contributed by atoms with Crippen LogP contribution in [0.5, 0.6) is 0 Å². The first-order valence-electron chi connectivity index (χ1n) is 8.41. The van der Waals surface area contributed by atoms with Crippen molar-refractivity contribution in [1.29, 1.82) is 0 Å². The van der Waals surface area contributed by atoms with Crippen molar-refractivity contribution < 1.29 is 9.90 Å². The molecule has 0 saturated carbocycles. The molecule has 2 aromatic heterocycles. The highest BCUT2D eigenvalue weighted by molar-refractivity contribution is 5.94. The summed E-state index contributed by atoms with van der Waals surface area (Å²) in [4.78, 5) is 23.8. The summed E-state index contributed by atoms with van der Waals surface area (Å²) in [5.74, 6) is 0.793. The molecule has 4 rings (SSSR count). The van der Waals surface area contributed by atoms with Gasteiger partial charge in [-0.2, -0.15) is 0 Å². The Balaban J connectivity index is 1.60. The maximum atomic E-state index is 12.6. The van der Waals surface area contributed by atoms with Crippen LogP contribution in [0.3, 0.4) is 0 Å². The van der Waals surface area contributed by atoms with E-state index in [9.17, 15) is 9.90 Å². The number of carbonyl (C=O) groups is 1. The van der Waals surface area contributed by atoms with Crippen LogP contribution in [-0.4, -0.2) is 58.2 Å². The van der Waals surface area contributed by atoms with Gasteiger partial charge in [0.2, 0.25) is 0 Å². The molecule has 0 bridgehead atoms. The van der Waals surface area contributed by atoms with Gasteiger partial charge < -0.3 is 19.9 Å². The molecule has 6 heteroatoms. The molecule has 1 amide bonds. The van der Waals surface area contributed by atoms with E-state index in [0.29, 0.717) is 31.7 Å². The molecule has 1 fully saturated rings. The number of aromatic amines is 1. The van der Waals surface area contributed by atoms with E-state index in [0.717, 1.165) is 16.6 Å². The van der Waals surface area contributed by atoms with Crippen molar-refractivity contribution in [3.63, 3.8) is 0 Å². The Bertz CT molecular complexity index is 873. The van der Waals surface area contributed by atoms with Crippen molar-refractivity contribution in [1.82, 2.24) is 14.9 Å². The second-order valence-corrected chi connectivity index (χ2v) is 6.31. The third kappa shape index (κ3) is 3.08. The van der Waals surface area contributed by atoms with Crippen LogP contribution in [0, 0.1) is 0 Å². The molecule has 6 nitrogen and oxygen atoms in total. The van der Waals surface area contributed by atoms with Crippen LogP contribution in [0.15, 0.2) is 55.0 Å². The fraction of sp³-hybridized carbons (Fsp3) is 0.263. The maximum Gasteiger partial charge on any atom is 0.255 e. The summed E-state index contributed by atoms with van der Waals surface area (Å²) in [5.41, 5.74) is 0.615. The Morgan fingerprint density at radius 1 is 1.16 bits per heavy atom. The number of hydrogen-bond acceptors (Lipinski definition) is 4. The number of pyridine rings is 1. The Kier molecular flexibility index (Phi) is 4.11. The number of aromatic nitrogens is 2. The molecule has 128 valence electrons. The maximum absolute atomic E-state index is 12.6. The number of anilines is 1. The molecular weight excluding hydrogens is 316 g/mol. The second kappa shape index (κ2) is 6.57. The number of aliphatic hydroxyl groups is 1. The molecule has 3 aromatic rings. The van der Waals surface area contributed by atoms with Crippen molar-refractivity contribution in [2.45, 2.75) is 6.10 Å². The first kappa shape index (κ1) is 15.7. The van der Waals surface area contributed by atoms with Crippen molar-refractivity contribution in [2.24, 2.45) is 0 Å². The highest BCUT2D eigenvalue weighted by Crippen LogP contribution is 2.25. The molecule has 1 atom stereocenters. The Morgan fingerprint density at radius 2 is 2.04 bits per heavy atom. The molecule has 1 aliphatic rings. The quantitative estimate of drug-likeness (QED) is 0.750. The number of rotatable bonds is 2.